The van der Waals surface area contributed by atoms with Crippen molar-refractivity contribution in [2.24, 2.45) is 0 Å². The van der Waals surface area contributed by atoms with Crippen molar-refractivity contribution in [2.45, 2.75) is 0 Å². The summed E-state index contributed by atoms with van der Waals surface area (Å²) in [5.74, 6) is 1.81. The minimum Gasteiger partial charge on any atom is -0.370 e. The van der Waals surface area contributed by atoms with E-state index in [1.54, 1.807) is 12.4 Å². The third-order valence-electron chi connectivity index (χ3n) is 2.33. The molecule has 2 N–H and O–H groups in total. The fourth-order valence-corrected chi connectivity index (χ4v) is 1.62. The molecule has 1 aromatic heterocycles. The van der Waals surface area contributed by atoms with E-state index in [1.165, 1.54) is 0 Å². The van der Waals surface area contributed by atoms with Crippen LogP contribution in [0.15, 0.2) is 12.4 Å². The van der Waals surface area contributed by atoms with Gasteiger partial charge in [-0.05, 0) is 0 Å². The summed E-state index contributed by atoms with van der Waals surface area (Å²) in [6, 6.07) is 0. The van der Waals surface area contributed by atoms with E-state index < -0.39 is 0 Å². The van der Waals surface area contributed by atoms with E-state index in [-0.39, 0.29) is 0 Å². The van der Waals surface area contributed by atoms with Gasteiger partial charge in [-0.3, -0.25) is 0 Å². The molecule has 5 heteroatoms. The van der Waals surface area contributed by atoms with Gasteiger partial charge in [-0.1, -0.05) is 0 Å². The van der Waals surface area contributed by atoms with E-state index in [9.17, 15) is 0 Å². The molecule has 2 heterocycles. The highest BCUT2D eigenvalue weighted by molar-refractivity contribution is 5.60. The lowest BCUT2D eigenvalue weighted by Crippen LogP contribution is -2.44. The molecule has 1 saturated heterocycles. The molecule has 0 spiro atoms. The van der Waals surface area contributed by atoms with Crippen LogP contribution < -0.4 is 15.5 Å². The van der Waals surface area contributed by atoms with E-state index in [1.807, 2.05) is 7.05 Å². The van der Waals surface area contributed by atoms with Gasteiger partial charge in [0, 0.05) is 45.6 Å². The summed E-state index contributed by atoms with van der Waals surface area (Å²) in [7, 11) is 1.87. The van der Waals surface area contributed by atoms with Gasteiger partial charge in [0.05, 0.1) is 0 Å². The normalized spacial score (nSPS) is 16.8. The lowest BCUT2D eigenvalue weighted by molar-refractivity contribution is 0.585. The minimum atomic E-state index is 0.856. The smallest absolute Gasteiger partial charge is 0.171 e. The van der Waals surface area contributed by atoms with E-state index in [0.717, 1.165) is 37.8 Å². The Balaban J connectivity index is 2.20. The van der Waals surface area contributed by atoms with Crippen molar-refractivity contribution in [1.29, 1.82) is 0 Å². The summed E-state index contributed by atoms with van der Waals surface area (Å²) in [4.78, 5) is 10.8. The molecule has 0 unspecified atom stereocenters. The first kappa shape index (κ1) is 9.21. The van der Waals surface area contributed by atoms with Gasteiger partial charge in [0.25, 0.3) is 0 Å². The Morgan fingerprint density at radius 2 is 2.00 bits per heavy atom. The van der Waals surface area contributed by atoms with Crippen molar-refractivity contribution in [3.05, 3.63) is 12.4 Å². The highest BCUT2D eigenvalue weighted by atomic mass is 15.3. The molecule has 1 fully saturated rings. The maximum atomic E-state index is 4.35. The summed E-state index contributed by atoms with van der Waals surface area (Å²) in [6.07, 6.45) is 3.44. The Bertz CT molecular complexity index is 295. The maximum absolute atomic E-state index is 4.35. The van der Waals surface area contributed by atoms with Crippen LogP contribution in [0.2, 0.25) is 0 Å². The van der Waals surface area contributed by atoms with Crippen LogP contribution >= 0.6 is 0 Å². The predicted molar refractivity (Wildman–Crippen MR) is 56.7 cm³/mol. The largest absolute Gasteiger partial charge is 0.370 e. The van der Waals surface area contributed by atoms with Gasteiger partial charge in [-0.2, -0.15) is 0 Å². The second-order valence-corrected chi connectivity index (χ2v) is 3.22. The van der Waals surface area contributed by atoms with Crippen molar-refractivity contribution in [2.75, 3.05) is 43.4 Å². The number of hydrogen-bond donors (Lipinski definition) is 2. The SMILES string of the molecule is CNc1nccnc1N1CCNCC1. The lowest BCUT2D eigenvalue weighted by atomic mass is 10.3. The molecule has 2 rings (SSSR count). The van der Waals surface area contributed by atoms with Crippen molar-refractivity contribution < 1.29 is 0 Å². The Morgan fingerprint density at radius 1 is 1.29 bits per heavy atom. The molecule has 0 radical (unpaired) electrons. The van der Waals surface area contributed by atoms with Crippen LogP contribution in [-0.4, -0.2) is 43.2 Å². The predicted octanol–water partition coefficient (Wildman–Crippen LogP) is -0.0721. The first-order valence-electron chi connectivity index (χ1n) is 4.86. The van der Waals surface area contributed by atoms with Crippen LogP contribution in [0.1, 0.15) is 0 Å². The summed E-state index contributed by atoms with van der Waals surface area (Å²) in [5.41, 5.74) is 0. The average Bonchev–Trinajstić information content (AvgIpc) is 2.30. The van der Waals surface area contributed by atoms with Crippen LogP contribution in [0.25, 0.3) is 0 Å². The quantitative estimate of drug-likeness (QED) is 0.688. The summed E-state index contributed by atoms with van der Waals surface area (Å²) < 4.78 is 0. The highest BCUT2D eigenvalue weighted by Crippen LogP contribution is 2.19. The Hall–Kier alpha value is -1.36. The molecule has 0 bridgehead atoms. The molecule has 1 aliphatic rings. The monoisotopic (exact) mass is 193 g/mol. The lowest BCUT2D eigenvalue weighted by Gasteiger charge is -2.29. The Kier molecular flexibility index (Phi) is 2.78. The molecule has 0 atom stereocenters. The maximum Gasteiger partial charge on any atom is 0.171 e. The van der Waals surface area contributed by atoms with Crippen molar-refractivity contribution in [1.82, 2.24) is 15.3 Å². The number of piperazine rings is 1. The van der Waals surface area contributed by atoms with E-state index in [2.05, 4.69) is 25.5 Å². The highest BCUT2D eigenvalue weighted by Gasteiger charge is 2.14. The molecule has 76 valence electrons. The fraction of sp³-hybridized carbons (Fsp3) is 0.556. The molecule has 1 aliphatic heterocycles. The van der Waals surface area contributed by atoms with Gasteiger partial charge < -0.3 is 15.5 Å². The van der Waals surface area contributed by atoms with Gasteiger partial charge >= 0.3 is 0 Å². The summed E-state index contributed by atoms with van der Waals surface area (Å²) in [5, 5.41) is 6.37. The standard InChI is InChI=1S/C9H15N5/c1-10-8-9(13-3-2-12-8)14-6-4-11-5-7-14/h2-3,11H,4-7H2,1H3,(H,10,12). The van der Waals surface area contributed by atoms with Crippen molar-refractivity contribution in [3.8, 4) is 0 Å². The van der Waals surface area contributed by atoms with Gasteiger partial charge in [0.2, 0.25) is 0 Å². The van der Waals surface area contributed by atoms with Crippen LogP contribution in [-0.2, 0) is 0 Å². The fourth-order valence-electron chi connectivity index (χ4n) is 1.62. The number of nitrogens with one attached hydrogen (secondary N) is 2. The van der Waals surface area contributed by atoms with E-state index in [4.69, 9.17) is 0 Å². The van der Waals surface area contributed by atoms with Gasteiger partial charge in [-0.15, -0.1) is 0 Å². The van der Waals surface area contributed by atoms with E-state index in [0.29, 0.717) is 0 Å². The zero-order valence-electron chi connectivity index (χ0n) is 8.32. The third kappa shape index (κ3) is 1.77. The van der Waals surface area contributed by atoms with Crippen molar-refractivity contribution in [3.63, 3.8) is 0 Å². The van der Waals surface area contributed by atoms with Crippen LogP contribution in [0, 0.1) is 0 Å². The molecular weight excluding hydrogens is 178 g/mol. The number of aromatic nitrogens is 2. The first-order valence-corrected chi connectivity index (χ1v) is 4.86. The molecule has 0 aliphatic carbocycles. The topological polar surface area (TPSA) is 53.1 Å². The summed E-state index contributed by atoms with van der Waals surface area (Å²) >= 11 is 0. The second-order valence-electron chi connectivity index (χ2n) is 3.22. The zero-order chi connectivity index (χ0) is 9.80. The van der Waals surface area contributed by atoms with Crippen molar-refractivity contribution >= 4 is 11.6 Å². The zero-order valence-corrected chi connectivity index (χ0v) is 8.32. The Labute approximate surface area is 83.5 Å². The molecule has 0 amide bonds. The van der Waals surface area contributed by atoms with Gasteiger partial charge in [0.15, 0.2) is 11.6 Å². The minimum absolute atomic E-state index is 0.856. The van der Waals surface area contributed by atoms with Gasteiger partial charge in [-0.25, -0.2) is 9.97 Å². The molecule has 5 nitrogen and oxygen atoms in total. The molecular formula is C9H15N5. The molecule has 14 heavy (non-hydrogen) atoms. The Morgan fingerprint density at radius 3 is 2.71 bits per heavy atom. The van der Waals surface area contributed by atoms with Gasteiger partial charge in [0.1, 0.15) is 0 Å². The van der Waals surface area contributed by atoms with E-state index >= 15 is 0 Å². The molecule has 1 aromatic rings. The first-order chi connectivity index (χ1) is 6.92. The molecule has 0 saturated carbocycles. The second kappa shape index (κ2) is 4.23. The van der Waals surface area contributed by atoms with Crippen LogP contribution in [0.4, 0.5) is 11.6 Å². The number of hydrogen-bond acceptors (Lipinski definition) is 5. The summed E-state index contributed by atoms with van der Waals surface area (Å²) in [6.45, 7) is 4.01. The number of nitrogens with zero attached hydrogens (tertiary/aromatic N) is 3. The molecule has 0 aromatic carbocycles. The van der Waals surface area contributed by atoms with Crippen LogP contribution in [0.3, 0.4) is 0 Å². The number of rotatable bonds is 2. The average molecular weight is 193 g/mol. The van der Waals surface area contributed by atoms with Crippen LogP contribution in [0.5, 0.6) is 0 Å². The number of anilines is 2. The third-order valence-corrected chi connectivity index (χ3v) is 2.33.